The number of carbonyl (C=O) groups excluding carboxylic acids is 1. The van der Waals surface area contributed by atoms with Crippen LogP contribution in [0.15, 0.2) is 60.7 Å². The average molecular weight is 341 g/mol. The number of amides is 2. The van der Waals surface area contributed by atoms with E-state index in [1.807, 2.05) is 62.6 Å². The van der Waals surface area contributed by atoms with Gasteiger partial charge in [0, 0.05) is 19.6 Å². The molecule has 0 saturated carbocycles. The van der Waals surface area contributed by atoms with Crippen molar-refractivity contribution >= 4 is 6.03 Å². The minimum atomic E-state index is -0.166. The molecule has 2 N–H and O–H groups in total. The van der Waals surface area contributed by atoms with Crippen molar-refractivity contribution in [3.05, 3.63) is 71.8 Å². The van der Waals surface area contributed by atoms with Crippen molar-refractivity contribution in [2.75, 3.05) is 33.8 Å². The van der Waals surface area contributed by atoms with Gasteiger partial charge in [0.05, 0.1) is 12.6 Å². The van der Waals surface area contributed by atoms with Crippen molar-refractivity contribution < 1.29 is 9.90 Å². The molecule has 2 aromatic carbocycles. The number of hydrogen-bond acceptors (Lipinski definition) is 3. The molecule has 25 heavy (non-hydrogen) atoms. The summed E-state index contributed by atoms with van der Waals surface area (Å²) in [7, 11) is 4.00. The zero-order valence-corrected chi connectivity index (χ0v) is 14.9. The summed E-state index contributed by atoms with van der Waals surface area (Å²) < 4.78 is 0. The van der Waals surface area contributed by atoms with Crippen molar-refractivity contribution in [2.24, 2.45) is 0 Å². The second-order valence-electron chi connectivity index (χ2n) is 6.21. The lowest BCUT2D eigenvalue weighted by molar-refractivity contribution is 0.170. The number of nitrogens with zero attached hydrogens (tertiary/aromatic N) is 2. The van der Waals surface area contributed by atoms with E-state index in [9.17, 15) is 9.90 Å². The Morgan fingerprint density at radius 3 is 2.20 bits per heavy atom. The fourth-order valence-electron chi connectivity index (χ4n) is 2.75. The lowest BCUT2D eigenvalue weighted by Gasteiger charge is -2.28. The average Bonchev–Trinajstić information content (AvgIpc) is 2.63. The van der Waals surface area contributed by atoms with Gasteiger partial charge in [0.2, 0.25) is 0 Å². The second-order valence-corrected chi connectivity index (χ2v) is 6.21. The van der Waals surface area contributed by atoms with Crippen LogP contribution in [0.2, 0.25) is 0 Å². The van der Waals surface area contributed by atoms with E-state index in [4.69, 9.17) is 0 Å². The van der Waals surface area contributed by atoms with Crippen LogP contribution in [-0.4, -0.2) is 54.7 Å². The first-order chi connectivity index (χ1) is 12.1. The van der Waals surface area contributed by atoms with E-state index in [1.165, 1.54) is 0 Å². The highest BCUT2D eigenvalue weighted by atomic mass is 16.3. The summed E-state index contributed by atoms with van der Waals surface area (Å²) in [6.45, 7) is 1.23. The zero-order chi connectivity index (χ0) is 18.1. The maximum absolute atomic E-state index is 12.6. The quantitative estimate of drug-likeness (QED) is 0.776. The molecule has 2 aromatic rings. The summed E-state index contributed by atoms with van der Waals surface area (Å²) in [6, 6.07) is 19.8. The highest BCUT2D eigenvalue weighted by Crippen LogP contribution is 2.17. The molecule has 0 aliphatic carbocycles. The Hall–Kier alpha value is -2.37. The van der Waals surface area contributed by atoms with E-state index in [0.29, 0.717) is 19.6 Å². The fourth-order valence-corrected chi connectivity index (χ4v) is 2.75. The molecule has 2 amide bonds. The molecular weight excluding hydrogens is 314 g/mol. The Morgan fingerprint density at radius 2 is 1.64 bits per heavy atom. The van der Waals surface area contributed by atoms with Crippen molar-refractivity contribution in [1.29, 1.82) is 0 Å². The number of carbonyl (C=O) groups is 1. The molecule has 0 fully saturated rings. The minimum Gasteiger partial charge on any atom is -0.395 e. The Bertz CT molecular complexity index is 632. The van der Waals surface area contributed by atoms with E-state index in [1.54, 1.807) is 4.90 Å². The lowest BCUT2D eigenvalue weighted by Crippen LogP contribution is -2.44. The summed E-state index contributed by atoms with van der Waals surface area (Å²) in [5, 5.41) is 12.3. The van der Waals surface area contributed by atoms with Crippen LogP contribution < -0.4 is 5.32 Å². The molecule has 0 saturated heterocycles. The standard InChI is InChI=1S/C20H27N3O2/c1-22(2)19(18-11-7-4-8-12-18)15-21-20(25)23(13-14-24)16-17-9-5-3-6-10-17/h3-12,19,24H,13-16H2,1-2H3,(H,21,25). The van der Waals surface area contributed by atoms with Gasteiger partial charge in [0.1, 0.15) is 0 Å². The number of benzene rings is 2. The number of aliphatic hydroxyl groups excluding tert-OH is 1. The summed E-state index contributed by atoms with van der Waals surface area (Å²) in [5.41, 5.74) is 2.20. The predicted octanol–water partition coefficient (Wildman–Crippen LogP) is 2.49. The first kappa shape index (κ1) is 19.0. The van der Waals surface area contributed by atoms with Crippen LogP contribution in [0.4, 0.5) is 4.79 Å². The van der Waals surface area contributed by atoms with E-state index >= 15 is 0 Å². The largest absolute Gasteiger partial charge is 0.395 e. The van der Waals surface area contributed by atoms with Gasteiger partial charge in [0.15, 0.2) is 0 Å². The van der Waals surface area contributed by atoms with Gasteiger partial charge in [-0.1, -0.05) is 60.7 Å². The molecule has 0 spiro atoms. The fraction of sp³-hybridized carbons (Fsp3) is 0.350. The number of likely N-dealkylation sites (N-methyl/N-ethyl adjacent to an activating group) is 1. The molecule has 1 unspecified atom stereocenters. The summed E-state index contributed by atoms with van der Waals surface area (Å²) in [4.78, 5) is 16.3. The van der Waals surface area contributed by atoms with Gasteiger partial charge in [-0.25, -0.2) is 4.79 Å². The second kappa shape index (κ2) is 9.81. The first-order valence-electron chi connectivity index (χ1n) is 8.50. The maximum Gasteiger partial charge on any atom is 0.317 e. The molecular formula is C20H27N3O2. The number of nitrogens with one attached hydrogen (secondary N) is 1. The van der Waals surface area contributed by atoms with Gasteiger partial charge < -0.3 is 20.2 Å². The van der Waals surface area contributed by atoms with E-state index in [0.717, 1.165) is 11.1 Å². The SMILES string of the molecule is CN(C)C(CNC(=O)N(CCO)Cc1ccccc1)c1ccccc1. The molecule has 5 heteroatoms. The molecule has 0 radical (unpaired) electrons. The van der Waals surface area contributed by atoms with Crippen LogP contribution >= 0.6 is 0 Å². The highest BCUT2D eigenvalue weighted by molar-refractivity contribution is 5.74. The lowest BCUT2D eigenvalue weighted by atomic mass is 10.1. The number of rotatable bonds is 8. The third-order valence-electron chi connectivity index (χ3n) is 4.13. The molecule has 0 heterocycles. The number of aliphatic hydroxyl groups is 1. The predicted molar refractivity (Wildman–Crippen MR) is 100 cm³/mol. The molecule has 5 nitrogen and oxygen atoms in total. The van der Waals surface area contributed by atoms with E-state index in [2.05, 4.69) is 22.3 Å². The van der Waals surface area contributed by atoms with Crippen molar-refractivity contribution in [3.63, 3.8) is 0 Å². The number of hydrogen-bond donors (Lipinski definition) is 2. The van der Waals surface area contributed by atoms with Crippen LogP contribution in [0, 0.1) is 0 Å². The van der Waals surface area contributed by atoms with E-state index in [-0.39, 0.29) is 18.7 Å². The summed E-state index contributed by atoms with van der Waals surface area (Å²) >= 11 is 0. The van der Waals surface area contributed by atoms with Gasteiger partial charge in [-0.15, -0.1) is 0 Å². The van der Waals surface area contributed by atoms with Gasteiger partial charge in [-0.05, 0) is 25.2 Å². The third kappa shape index (κ3) is 5.89. The van der Waals surface area contributed by atoms with Crippen LogP contribution in [0.25, 0.3) is 0 Å². The molecule has 0 aliphatic heterocycles. The Morgan fingerprint density at radius 1 is 1.04 bits per heavy atom. The molecule has 2 rings (SSSR count). The van der Waals surface area contributed by atoms with Crippen LogP contribution in [-0.2, 0) is 6.54 Å². The first-order valence-corrected chi connectivity index (χ1v) is 8.50. The maximum atomic E-state index is 12.6. The minimum absolute atomic E-state index is 0.0595. The highest BCUT2D eigenvalue weighted by Gasteiger charge is 2.18. The van der Waals surface area contributed by atoms with Crippen molar-refractivity contribution in [3.8, 4) is 0 Å². The topological polar surface area (TPSA) is 55.8 Å². The van der Waals surface area contributed by atoms with Crippen LogP contribution in [0.1, 0.15) is 17.2 Å². The molecule has 0 aromatic heterocycles. The van der Waals surface area contributed by atoms with E-state index < -0.39 is 0 Å². The zero-order valence-electron chi connectivity index (χ0n) is 14.9. The van der Waals surface area contributed by atoms with Crippen LogP contribution in [0.5, 0.6) is 0 Å². The third-order valence-corrected chi connectivity index (χ3v) is 4.13. The smallest absolute Gasteiger partial charge is 0.317 e. The molecule has 0 bridgehead atoms. The van der Waals surface area contributed by atoms with Gasteiger partial charge in [0.25, 0.3) is 0 Å². The molecule has 134 valence electrons. The van der Waals surface area contributed by atoms with Crippen molar-refractivity contribution in [2.45, 2.75) is 12.6 Å². The molecule has 0 aliphatic rings. The molecule has 1 atom stereocenters. The van der Waals surface area contributed by atoms with Crippen LogP contribution in [0.3, 0.4) is 0 Å². The van der Waals surface area contributed by atoms with Gasteiger partial charge >= 0.3 is 6.03 Å². The Balaban J connectivity index is 1.99. The summed E-state index contributed by atoms with van der Waals surface area (Å²) in [5.74, 6) is 0. The normalized spacial score (nSPS) is 12.0. The van der Waals surface area contributed by atoms with Gasteiger partial charge in [-0.2, -0.15) is 0 Å². The van der Waals surface area contributed by atoms with Gasteiger partial charge in [-0.3, -0.25) is 0 Å². The summed E-state index contributed by atoms with van der Waals surface area (Å²) in [6.07, 6.45) is 0. The Kier molecular flexibility index (Phi) is 7.44. The monoisotopic (exact) mass is 341 g/mol. The Labute approximate surface area is 149 Å². The van der Waals surface area contributed by atoms with Crippen molar-refractivity contribution in [1.82, 2.24) is 15.1 Å². The number of urea groups is 1.